The van der Waals surface area contributed by atoms with Crippen molar-refractivity contribution in [1.82, 2.24) is 10.3 Å². The van der Waals surface area contributed by atoms with Gasteiger partial charge in [-0.3, -0.25) is 9.79 Å². The number of nitrogens with zero attached hydrogens (tertiary/aromatic N) is 2. The molecule has 1 aromatic heterocycles. The molecular formula is C24H24F3N3O. The second kappa shape index (κ2) is 9.04. The van der Waals surface area contributed by atoms with Crippen LogP contribution in [0.25, 0.3) is 11.3 Å². The van der Waals surface area contributed by atoms with Crippen molar-refractivity contribution in [3.8, 4) is 11.3 Å². The van der Waals surface area contributed by atoms with E-state index in [4.69, 9.17) is 0 Å². The number of hydrogen-bond donors (Lipinski definition) is 1. The number of pyridine rings is 1. The Bertz CT molecular complexity index is 1030. The van der Waals surface area contributed by atoms with Gasteiger partial charge < -0.3 is 5.32 Å². The quantitative estimate of drug-likeness (QED) is 0.685. The second-order valence-corrected chi connectivity index (χ2v) is 8.37. The lowest BCUT2D eigenvalue weighted by Gasteiger charge is -2.35. The molecule has 1 fully saturated rings. The molecular weight excluding hydrogens is 403 g/mol. The molecule has 0 saturated heterocycles. The van der Waals surface area contributed by atoms with Crippen LogP contribution in [-0.2, 0) is 0 Å². The van der Waals surface area contributed by atoms with Gasteiger partial charge in [0, 0.05) is 24.0 Å². The van der Waals surface area contributed by atoms with Gasteiger partial charge in [0.05, 0.1) is 5.56 Å². The van der Waals surface area contributed by atoms with Crippen LogP contribution in [0.4, 0.5) is 13.2 Å². The highest BCUT2D eigenvalue weighted by Crippen LogP contribution is 2.38. The zero-order valence-corrected chi connectivity index (χ0v) is 17.2. The first-order valence-electron chi connectivity index (χ1n) is 10.6. The highest BCUT2D eigenvalue weighted by atomic mass is 19.1. The molecule has 1 aliphatic heterocycles. The summed E-state index contributed by atoms with van der Waals surface area (Å²) in [5.41, 5.74) is -0.539. The van der Waals surface area contributed by atoms with Gasteiger partial charge in [-0.1, -0.05) is 25.8 Å². The van der Waals surface area contributed by atoms with Gasteiger partial charge in [0.25, 0.3) is 5.91 Å². The van der Waals surface area contributed by atoms with E-state index in [9.17, 15) is 18.0 Å². The number of amides is 1. The molecule has 3 atom stereocenters. The van der Waals surface area contributed by atoms with Crippen molar-refractivity contribution in [3.05, 3.63) is 65.4 Å². The Morgan fingerprint density at radius 3 is 2.58 bits per heavy atom. The number of aromatic nitrogens is 1. The molecule has 4 rings (SSSR count). The van der Waals surface area contributed by atoms with Crippen molar-refractivity contribution in [2.45, 2.75) is 39.0 Å². The number of rotatable bonds is 4. The predicted molar refractivity (Wildman–Crippen MR) is 113 cm³/mol. The smallest absolute Gasteiger partial charge is 0.274 e. The lowest BCUT2D eigenvalue weighted by atomic mass is 9.73. The molecule has 0 spiro atoms. The number of nitrogens with one attached hydrogen (secondary N) is 1. The van der Waals surface area contributed by atoms with E-state index in [0.717, 1.165) is 43.9 Å². The second-order valence-electron chi connectivity index (χ2n) is 8.37. The van der Waals surface area contributed by atoms with Crippen LogP contribution in [0, 0.1) is 35.2 Å². The zero-order chi connectivity index (χ0) is 22.0. The summed E-state index contributed by atoms with van der Waals surface area (Å²) in [6.45, 7) is 2.25. The van der Waals surface area contributed by atoms with Gasteiger partial charge in [-0.25, -0.2) is 18.2 Å². The zero-order valence-electron chi connectivity index (χ0n) is 17.2. The Hall–Kier alpha value is -2.96. The highest BCUT2D eigenvalue weighted by Gasteiger charge is 2.31. The summed E-state index contributed by atoms with van der Waals surface area (Å²) in [4.78, 5) is 21.0. The number of allylic oxidation sites excluding steroid dienone is 1. The lowest BCUT2D eigenvalue weighted by Crippen LogP contribution is -2.34. The SMILES string of the molecule is CC1CCCC(C2CC=NC=C2NC(=O)c2ccc(F)c(-c3c(F)cccc3F)n2)C1. The topological polar surface area (TPSA) is 54.4 Å². The third-order valence-corrected chi connectivity index (χ3v) is 6.16. The molecule has 1 saturated carbocycles. The van der Waals surface area contributed by atoms with Gasteiger partial charge >= 0.3 is 0 Å². The lowest BCUT2D eigenvalue weighted by molar-refractivity contribution is 0.0950. The summed E-state index contributed by atoms with van der Waals surface area (Å²) < 4.78 is 42.6. The molecule has 2 aliphatic rings. The first-order valence-corrected chi connectivity index (χ1v) is 10.6. The maximum absolute atomic E-state index is 14.3. The molecule has 2 heterocycles. The van der Waals surface area contributed by atoms with Crippen LogP contribution in [0.2, 0.25) is 0 Å². The maximum atomic E-state index is 14.3. The molecule has 4 nitrogen and oxygen atoms in total. The largest absolute Gasteiger partial charge is 0.323 e. The fourth-order valence-corrected chi connectivity index (χ4v) is 4.61. The van der Waals surface area contributed by atoms with Crippen molar-refractivity contribution in [2.75, 3.05) is 0 Å². The molecule has 1 aromatic carbocycles. The fourth-order valence-electron chi connectivity index (χ4n) is 4.61. The van der Waals surface area contributed by atoms with E-state index in [2.05, 4.69) is 22.2 Å². The number of halogens is 3. The molecule has 1 N–H and O–H groups in total. The van der Waals surface area contributed by atoms with E-state index < -0.39 is 34.6 Å². The van der Waals surface area contributed by atoms with E-state index in [1.54, 1.807) is 6.20 Å². The van der Waals surface area contributed by atoms with Crippen molar-refractivity contribution in [3.63, 3.8) is 0 Å². The Balaban J connectivity index is 1.58. The number of benzene rings is 1. The van der Waals surface area contributed by atoms with Crippen molar-refractivity contribution >= 4 is 12.1 Å². The summed E-state index contributed by atoms with van der Waals surface area (Å²) in [5, 5.41) is 2.86. The van der Waals surface area contributed by atoms with Gasteiger partial charge in [0.2, 0.25) is 0 Å². The summed E-state index contributed by atoms with van der Waals surface area (Å²) in [5.74, 6) is -2.11. The van der Waals surface area contributed by atoms with E-state index >= 15 is 0 Å². The van der Waals surface area contributed by atoms with Crippen LogP contribution in [0.15, 0.2) is 47.2 Å². The van der Waals surface area contributed by atoms with Crippen LogP contribution in [-0.4, -0.2) is 17.1 Å². The summed E-state index contributed by atoms with van der Waals surface area (Å²) in [7, 11) is 0. The molecule has 31 heavy (non-hydrogen) atoms. The van der Waals surface area contributed by atoms with Gasteiger partial charge in [0.15, 0.2) is 0 Å². The molecule has 2 aromatic rings. The number of carbonyl (C=O) groups excluding carboxylic acids is 1. The van der Waals surface area contributed by atoms with Crippen LogP contribution in [0.1, 0.15) is 49.5 Å². The van der Waals surface area contributed by atoms with Crippen LogP contribution < -0.4 is 5.32 Å². The normalized spacial score (nSPS) is 23.4. The van der Waals surface area contributed by atoms with Gasteiger partial charge in [-0.2, -0.15) is 0 Å². The summed E-state index contributed by atoms with van der Waals surface area (Å²) in [6.07, 6.45) is 8.82. The first-order chi connectivity index (χ1) is 14.9. The van der Waals surface area contributed by atoms with Crippen LogP contribution in [0.5, 0.6) is 0 Å². The van der Waals surface area contributed by atoms with E-state index in [-0.39, 0.29) is 11.6 Å². The van der Waals surface area contributed by atoms with Crippen LogP contribution in [0.3, 0.4) is 0 Å². The minimum atomic E-state index is -0.945. The average Bonchev–Trinajstić information content (AvgIpc) is 2.75. The Labute approximate surface area is 179 Å². The third-order valence-electron chi connectivity index (χ3n) is 6.16. The maximum Gasteiger partial charge on any atom is 0.274 e. The Morgan fingerprint density at radius 2 is 1.84 bits per heavy atom. The van der Waals surface area contributed by atoms with Gasteiger partial charge in [0.1, 0.15) is 28.8 Å². The highest BCUT2D eigenvalue weighted by molar-refractivity contribution is 5.94. The third kappa shape index (κ3) is 4.55. The molecule has 7 heteroatoms. The Kier molecular flexibility index (Phi) is 6.20. The predicted octanol–water partition coefficient (Wildman–Crippen LogP) is 5.65. The molecule has 0 bridgehead atoms. The summed E-state index contributed by atoms with van der Waals surface area (Å²) >= 11 is 0. The van der Waals surface area contributed by atoms with E-state index in [1.807, 2.05) is 6.21 Å². The van der Waals surface area contributed by atoms with Crippen molar-refractivity contribution in [2.24, 2.45) is 22.7 Å². The monoisotopic (exact) mass is 427 g/mol. The van der Waals surface area contributed by atoms with Crippen LogP contribution >= 0.6 is 0 Å². The van der Waals surface area contributed by atoms with Crippen molar-refractivity contribution < 1.29 is 18.0 Å². The molecule has 1 amide bonds. The van der Waals surface area contributed by atoms with Crippen molar-refractivity contribution in [1.29, 1.82) is 0 Å². The number of hydrogen-bond acceptors (Lipinski definition) is 3. The minimum Gasteiger partial charge on any atom is -0.323 e. The fraction of sp³-hybridized carbons (Fsp3) is 0.375. The van der Waals surface area contributed by atoms with Gasteiger partial charge in [-0.05, 0) is 55.4 Å². The van der Waals surface area contributed by atoms with E-state index in [1.165, 1.54) is 18.6 Å². The molecule has 3 unspecified atom stereocenters. The first kappa shape index (κ1) is 21.3. The molecule has 0 radical (unpaired) electrons. The molecule has 162 valence electrons. The minimum absolute atomic E-state index is 0.120. The standard InChI is InChI=1S/C24H24F3N3O/c1-14-4-2-5-15(12-14)16-10-11-28-13-21(16)30-24(31)20-9-8-19(27)23(29-20)22-17(25)6-3-7-18(22)26/h3,6-9,11,13-16H,2,4-5,10,12H2,1H3,(H,30,31). The molecule has 1 aliphatic carbocycles. The van der Waals surface area contributed by atoms with E-state index in [0.29, 0.717) is 17.5 Å². The number of aliphatic imine (C=N–C) groups is 1. The van der Waals surface area contributed by atoms with Gasteiger partial charge in [-0.15, -0.1) is 0 Å². The summed E-state index contributed by atoms with van der Waals surface area (Å²) in [6, 6.07) is 5.43. The Morgan fingerprint density at radius 1 is 1.06 bits per heavy atom. The number of carbonyl (C=O) groups is 1. The average molecular weight is 427 g/mol.